The van der Waals surface area contributed by atoms with Crippen LogP contribution in [-0.2, 0) is 4.79 Å². The summed E-state index contributed by atoms with van der Waals surface area (Å²) in [5, 5.41) is 5.94. The Morgan fingerprint density at radius 2 is 2.08 bits per heavy atom. The number of carbonyl (C=O) groups excluding carboxylic acids is 2. The fraction of sp³-hybridized carbons (Fsp3) is 0.600. The maximum absolute atomic E-state index is 12.6. The molecule has 1 aliphatic rings. The Balaban J connectivity index is 1.95. The van der Waals surface area contributed by atoms with Crippen LogP contribution in [0.25, 0.3) is 0 Å². The molecule has 138 valence electrons. The molecule has 1 aliphatic heterocycles. The molecule has 0 saturated carbocycles. The van der Waals surface area contributed by atoms with Gasteiger partial charge in [-0.1, -0.05) is 38.5 Å². The van der Waals surface area contributed by atoms with Gasteiger partial charge < -0.3 is 10.6 Å². The van der Waals surface area contributed by atoms with Gasteiger partial charge in [-0.05, 0) is 50.9 Å². The van der Waals surface area contributed by atoms with Gasteiger partial charge in [-0.15, -0.1) is 0 Å². The molecule has 0 aromatic heterocycles. The first kappa shape index (κ1) is 19.4. The number of nitrogens with one attached hydrogen (secondary N) is 2. The largest absolute Gasteiger partial charge is 0.353 e. The maximum atomic E-state index is 12.6. The van der Waals surface area contributed by atoms with E-state index in [1.165, 1.54) is 6.42 Å². The molecule has 2 unspecified atom stereocenters. The fourth-order valence-electron chi connectivity index (χ4n) is 3.42. The molecule has 5 heteroatoms. The molecule has 2 amide bonds. The fourth-order valence-corrected chi connectivity index (χ4v) is 3.42. The van der Waals surface area contributed by atoms with Crippen LogP contribution in [0.3, 0.4) is 0 Å². The highest BCUT2D eigenvalue weighted by Gasteiger charge is 2.27. The number of likely N-dealkylation sites (tertiary alicyclic amines) is 1. The highest BCUT2D eigenvalue weighted by atomic mass is 16.2. The predicted molar refractivity (Wildman–Crippen MR) is 101 cm³/mol. The molecule has 1 aromatic rings. The summed E-state index contributed by atoms with van der Waals surface area (Å²) in [4.78, 5) is 27.5. The average molecular weight is 345 g/mol. The van der Waals surface area contributed by atoms with Crippen LogP contribution in [0.15, 0.2) is 24.3 Å². The SMILES string of the molecule is CCN1CCCC1CNC(=O)C(NC(=O)c1cccc(C)c1)C(C)C. The van der Waals surface area contributed by atoms with E-state index < -0.39 is 6.04 Å². The molecule has 2 rings (SSSR count). The van der Waals surface area contributed by atoms with Crippen molar-refractivity contribution in [2.75, 3.05) is 19.6 Å². The molecule has 1 heterocycles. The summed E-state index contributed by atoms with van der Waals surface area (Å²) in [6.07, 6.45) is 2.31. The van der Waals surface area contributed by atoms with Gasteiger partial charge in [0.1, 0.15) is 6.04 Å². The molecule has 25 heavy (non-hydrogen) atoms. The maximum Gasteiger partial charge on any atom is 0.251 e. The quantitative estimate of drug-likeness (QED) is 0.797. The summed E-state index contributed by atoms with van der Waals surface area (Å²) in [5.74, 6) is -0.271. The first-order valence-electron chi connectivity index (χ1n) is 9.31. The van der Waals surface area contributed by atoms with E-state index in [1.54, 1.807) is 6.07 Å². The average Bonchev–Trinajstić information content (AvgIpc) is 3.04. The number of carbonyl (C=O) groups is 2. The molecule has 0 aliphatic carbocycles. The Morgan fingerprint density at radius 3 is 2.72 bits per heavy atom. The lowest BCUT2D eigenvalue weighted by Gasteiger charge is -2.26. The van der Waals surface area contributed by atoms with E-state index in [0.29, 0.717) is 18.2 Å². The van der Waals surface area contributed by atoms with Gasteiger partial charge in [0, 0.05) is 18.2 Å². The Morgan fingerprint density at radius 1 is 1.32 bits per heavy atom. The molecular formula is C20H31N3O2. The van der Waals surface area contributed by atoms with Crippen molar-refractivity contribution >= 4 is 11.8 Å². The second-order valence-corrected chi connectivity index (χ2v) is 7.23. The third-order valence-electron chi connectivity index (χ3n) is 4.93. The normalized spacial score (nSPS) is 19.0. The van der Waals surface area contributed by atoms with Crippen LogP contribution < -0.4 is 10.6 Å². The predicted octanol–water partition coefficient (Wildman–Crippen LogP) is 2.35. The van der Waals surface area contributed by atoms with Gasteiger partial charge >= 0.3 is 0 Å². The molecule has 1 saturated heterocycles. The smallest absolute Gasteiger partial charge is 0.251 e. The van der Waals surface area contributed by atoms with Gasteiger partial charge in [-0.25, -0.2) is 0 Å². The van der Waals surface area contributed by atoms with Gasteiger partial charge in [-0.3, -0.25) is 14.5 Å². The molecule has 1 aromatic carbocycles. The third kappa shape index (κ3) is 5.30. The van der Waals surface area contributed by atoms with E-state index in [1.807, 2.05) is 39.0 Å². The van der Waals surface area contributed by atoms with Crippen molar-refractivity contribution < 1.29 is 9.59 Å². The second-order valence-electron chi connectivity index (χ2n) is 7.23. The van der Waals surface area contributed by atoms with Crippen molar-refractivity contribution in [3.63, 3.8) is 0 Å². The number of likely N-dealkylation sites (N-methyl/N-ethyl adjacent to an activating group) is 1. The molecule has 0 spiro atoms. The lowest BCUT2D eigenvalue weighted by atomic mass is 10.0. The summed E-state index contributed by atoms with van der Waals surface area (Å²) in [5.41, 5.74) is 1.62. The zero-order valence-corrected chi connectivity index (χ0v) is 15.8. The van der Waals surface area contributed by atoms with Crippen LogP contribution in [0.2, 0.25) is 0 Å². The van der Waals surface area contributed by atoms with E-state index >= 15 is 0 Å². The van der Waals surface area contributed by atoms with Crippen molar-refractivity contribution in [3.8, 4) is 0 Å². The second kappa shape index (κ2) is 8.99. The molecule has 2 atom stereocenters. The lowest BCUT2D eigenvalue weighted by Crippen LogP contribution is -2.52. The summed E-state index contributed by atoms with van der Waals surface area (Å²) in [7, 11) is 0. The van der Waals surface area contributed by atoms with Gasteiger partial charge in [0.15, 0.2) is 0 Å². The van der Waals surface area contributed by atoms with Crippen LogP contribution in [0.5, 0.6) is 0 Å². The molecule has 0 radical (unpaired) electrons. The number of hydrogen-bond donors (Lipinski definition) is 2. The van der Waals surface area contributed by atoms with Crippen molar-refractivity contribution in [3.05, 3.63) is 35.4 Å². The van der Waals surface area contributed by atoms with Crippen LogP contribution in [0.4, 0.5) is 0 Å². The Hall–Kier alpha value is -1.88. The lowest BCUT2D eigenvalue weighted by molar-refractivity contribution is -0.124. The van der Waals surface area contributed by atoms with E-state index in [0.717, 1.165) is 25.1 Å². The molecule has 1 fully saturated rings. The highest BCUT2D eigenvalue weighted by molar-refractivity contribution is 5.97. The summed E-state index contributed by atoms with van der Waals surface area (Å²) < 4.78 is 0. The summed E-state index contributed by atoms with van der Waals surface area (Å²) in [6.45, 7) is 10.8. The zero-order valence-electron chi connectivity index (χ0n) is 15.8. The van der Waals surface area contributed by atoms with Crippen molar-refractivity contribution in [2.24, 2.45) is 5.92 Å². The third-order valence-corrected chi connectivity index (χ3v) is 4.93. The van der Waals surface area contributed by atoms with Gasteiger partial charge in [0.05, 0.1) is 0 Å². The Labute approximate surface area is 151 Å². The Kier molecular flexibility index (Phi) is 7.00. The number of rotatable bonds is 7. The van der Waals surface area contributed by atoms with Crippen LogP contribution in [-0.4, -0.2) is 48.4 Å². The number of amides is 2. The number of benzene rings is 1. The van der Waals surface area contributed by atoms with Crippen LogP contribution in [0, 0.1) is 12.8 Å². The van der Waals surface area contributed by atoms with Crippen molar-refractivity contribution in [2.45, 2.75) is 52.6 Å². The standard InChI is InChI=1S/C20H31N3O2/c1-5-23-11-7-10-17(23)13-21-20(25)18(14(2)3)22-19(24)16-9-6-8-15(4)12-16/h6,8-9,12,14,17-18H,5,7,10-11,13H2,1-4H3,(H,21,25)(H,22,24). The minimum Gasteiger partial charge on any atom is -0.353 e. The number of aryl methyl sites for hydroxylation is 1. The van der Waals surface area contributed by atoms with Crippen LogP contribution in [0.1, 0.15) is 49.5 Å². The molecular weight excluding hydrogens is 314 g/mol. The topological polar surface area (TPSA) is 61.4 Å². The van der Waals surface area contributed by atoms with Gasteiger partial charge in [0.2, 0.25) is 5.91 Å². The first-order chi connectivity index (χ1) is 11.9. The summed E-state index contributed by atoms with van der Waals surface area (Å²) >= 11 is 0. The molecule has 0 bridgehead atoms. The number of nitrogens with zero attached hydrogens (tertiary/aromatic N) is 1. The zero-order chi connectivity index (χ0) is 18.4. The van der Waals surface area contributed by atoms with E-state index in [2.05, 4.69) is 22.5 Å². The van der Waals surface area contributed by atoms with Crippen LogP contribution >= 0.6 is 0 Å². The highest BCUT2D eigenvalue weighted by Crippen LogP contribution is 2.16. The first-order valence-corrected chi connectivity index (χ1v) is 9.31. The number of hydrogen-bond acceptors (Lipinski definition) is 3. The minimum absolute atomic E-state index is 0.0274. The van der Waals surface area contributed by atoms with E-state index in [4.69, 9.17) is 0 Å². The van der Waals surface area contributed by atoms with E-state index in [-0.39, 0.29) is 17.7 Å². The monoisotopic (exact) mass is 345 g/mol. The molecule has 5 nitrogen and oxygen atoms in total. The molecule has 2 N–H and O–H groups in total. The Bertz CT molecular complexity index is 600. The van der Waals surface area contributed by atoms with Gasteiger partial charge in [0.25, 0.3) is 5.91 Å². The van der Waals surface area contributed by atoms with Crippen molar-refractivity contribution in [1.82, 2.24) is 15.5 Å². The van der Waals surface area contributed by atoms with Crippen molar-refractivity contribution in [1.29, 1.82) is 0 Å². The van der Waals surface area contributed by atoms with Gasteiger partial charge in [-0.2, -0.15) is 0 Å². The summed E-state index contributed by atoms with van der Waals surface area (Å²) in [6, 6.07) is 7.30. The van der Waals surface area contributed by atoms with E-state index in [9.17, 15) is 9.59 Å². The minimum atomic E-state index is -0.524.